The predicted octanol–water partition coefficient (Wildman–Crippen LogP) is 5.18. The van der Waals surface area contributed by atoms with Gasteiger partial charge in [0, 0.05) is 43.3 Å². The number of carbonyl (C=O) groups is 3. The number of amides is 2. The van der Waals surface area contributed by atoms with E-state index < -0.39 is 29.8 Å². The van der Waals surface area contributed by atoms with Crippen LogP contribution in [0.3, 0.4) is 0 Å². The molecule has 1 aromatic carbocycles. The summed E-state index contributed by atoms with van der Waals surface area (Å²) in [6.07, 6.45) is 7.76. The Morgan fingerprint density at radius 1 is 1.05 bits per heavy atom. The number of aryl methyl sites for hydroxylation is 1. The number of hydrogen-bond donors (Lipinski definition) is 2. The summed E-state index contributed by atoms with van der Waals surface area (Å²) in [5, 5.41) is 14.2. The maximum absolute atomic E-state index is 13.9. The van der Waals surface area contributed by atoms with Gasteiger partial charge in [-0.15, -0.1) is 11.3 Å². The first-order chi connectivity index (χ1) is 29.6. The Bertz CT molecular complexity index is 2240. The summed E-state index contributed by atoms with van der Waals surface area (Å²) in [4.78, 5) is 60.7. The normalized spacial score (nSPS) is 19.0. The van der Waals surface area contributed by atoms with Crippen LogP contribution in [-0.2, 0) is 32.1 Å². The van der Waals surface area contributed by atoms with E-state index in [0.717, 1.165) is 87.5 Å². The monoisotopic (exact) mass is 850 g/mol. The van der Waals surface area contributed by atoms with Crippen LogP contribution < -0.4 is 21.1 Å². The summed E-state index contributed by atoms with van der Waals surface area (Å²) in [6, 6.07) is 14.6. The molecule has 3 aliphatic rings. The van der Waals surface area contributed by atoms with Crippen molar-refractivity contribution >= 4 is 45.8 Å². The molecule has 17 heteroatoms. The molecule has 16 nitrogen and oxygen atoms in total. The van der Waals surface area contributed by atoms with Gasteiger partial charge in [-0.3, -0.25) is 9.59 Å². The molecule has 2 fully saturated rings. The van der Waals surface area contributed by atoms with Crippen molar-refractivity contribution < 1.29 is 28.4 Å². The number of aliphatic imine (C=N–C) groups is 1. The smallest absolute Gasteiger partial charge is 0.329 e. The van der Waals surface area contributed by atoms with Crippen LogP contribution >= 0.6 is 11.3 Å². The van der Waals surface area contributed by atoms with Crippen LogP contribution in [0.5, 0.6) is 5.88 Å². The summed E-state index contributed by atoms with van der Waals surface area (Å²) in [6.45, 7) is 9.25. The van der Waals surface area contributed by atoms with Gasteiger partial charge in [0.05, 0.1) is 18.1 Å². The lowest BCUT2D eigenvalue weighted by Gasteiger charge is -2.28. The molecule has 61 heavy (non-hydrogen) atoms. The van der Waals surface area contributed by atoms with E-state index in [1.54, 1.807) is 17.2 Å². The Morgan fingerprint density at radius 3 is 2.69 bits per heavy atom. The second-order valence-corrected chi connectivity index (χ2v) is 17.3. The van der Waals surface area contributed by atoms with Gasteiger partial charge in [-0.1, -0.05) is 44.2 Å². The number of carbonyl (C=O) groups excluding carboxylic acids is 3. The Kier molecular flexibility index (Phi) is 14.3. The maximum Gasteiger partial charge on any atom is 0.329 e. The second kappa shape index (κ2) is 20.1. The van der Waals surface area contributed by atoms with Crippen molar-refractivity contribution in [1.82, 2.24) is 24.9 Å². The third-order valence-electron chi connectivity index (χ3n) is 11.6. The van der Waals surface area contributed by atoms with Crippen LogP contribution in [0.1, 0.15) is 104 Å². The zero-order chi connectivity index (χ0) is 42.9. The lowest BCUT2D eigenvalue weighted by molar-refractivity contribution is -0.155. The third kappa shape index (κ3) is 10.4. The number of nitrogens with two attached hydrogens (primary N) is 2. The molecule has 3 aromatic heterocycles. The quantitative estimate of drug-likeness (QED) is 0.0682. The highest BCUT2D eigenvalue weighted by Crippen LogP contribution is 2.42. The van der Waals surface area contributed by atoms with Crippen LogP contribution in [0.15, 0.2) is 58.2 Å². The Balaban J connectivity index is 0.856. The maximum atomic E-state index is 13.9. The fourth-order valence-electron chi connectivity index (χ4n) is 8.47. The van der Waals surface area contributed by atoms with E-state index in [1.807, 2.05) is 50.2 Å². The molecule has 5 heterocycles. The van der Waals surface area contributed by atoms with E-state index in [-0.39, 0.29) is 30.1 Å². The van der Waals surface area contributed by atoms with Gasteiger partial charge in [0.2, 0.25) is 5.91 Å². The van der Waals surface area contributed by atoms with Crippen molar-refractivity contribution in [2.75, 3.05) is 56.5 Å². The van der Waals surface area contributed by atoms with E-state index in [2.05, 4.69) is 36.0 Å². The van der Waals surface area contributed by atoms with Gasteiger partial charge in [-0.25, -0.2) is 14.8 Å². The van der Waals surface area contributed by atoms with Crippen LogP contribution in [0.25, 0.3) is 0 Å². The largest absolute Gasteiger partial charge is 0.476 e. The number of anilines is 2. The highest BCUT2D eigenvalue weighted by molar-refractivity contribution is 7.16. The molecular formula is C44H54N10O6S. The number of aromatic nitrogens is 3. The van der Waals surface area contributed by atoms with Crippen molar-refractivity contribution in [3.63, 3.8) is 0 Å². The molecule has 322 valence electrons. The Morgan fingerprint density at radius 2 is 1.89 bits per heavy atom. The van der Waals surface area contributed by atoms with Crippen molar-refractivity contribution in [1.29, 1.82) is 5.26 Å². The number of rotatable bonds is 15. The van der Waals surface area contributed by atoms with Crippen LogP contribution in [-0.4, -0.2) is 100 Å². The standard InChI is InChI=1S/C44H54N10O6S/c1-28(2)37(43(56)54-21-9-14-32(54)44(57)59-27-29-11-4-3-5-12-29)33-25-36(51-60-33)58-24-7-6-18-52-19-10-20-53(23-22-52)35-16-17-48-41(49-35)39(46)50-42(55)30-13-8-15-34-38(30)31(26-45)40(47)61-34/h3-5,11-12,16-17,25,28,30,32,37H,6-10,13-15,18-24,27,47H2,1-2H3,(H2,46,50,55). The summed E-state index contributed by atoms with van der Waals surface area (Å²) in [5.74, 6) is -0.635. The fraction of sp³-hybridized carbons (Fsp3) is 0.500. The third-order valence-corrected chi connectivity index (χ3v) is 12.7. The van der Waals surface area contributed by atoms with E-state index >= 15 is 0 Å². The molecule has 4 N–H and O–H groups in total. The molecule has 0 bridgehead atoms. The SMILES string of the molecule is CC(C)C(C(=O)N1CCCC1C(=O)OCc1ccccc1)c1cc(OCCCCN2CCCN(c3ccnc(C(N)=NC(=O)C4CCCc5sc(N)c(C#N)c54)n3)CC2)no1. The summed E-state index contributed by atoms with van der Waals surface area (Å²) in [5.41, 5.74) is 14.3. The van der Waals surface area contributed by atoms with E-state index in [4.69, 9.17) is 25.5 Å². The Labute approximate surface area is 359 Å². The number of amidine groups is 1. The average Bonchev–Trinajstić information content (AvgIpc) is 3.98. The van der Waals surface area contributed by atoms with Gasteiger partial charge in [0.1, 0.15) is 35.5 Å². The highest BCUT2D eigenvalue weighted by atomic mass is 32.1. The minimum Gasteiger partial charge on any atom is -0.476 e. The molecule has 0 radical (unpaired) electrons. The summed E-state index contributed by atoms with van der Waals surface area (Å²) < 4.78 is 17.2. The average molecular weight is 851 g/mol. The minimum atomic E-state index is -0.629. The number of fused-ring (bicyclic) bond motifs is 1. The van der Waals surface area contributed by atoms with Crippen molar-refractivity contribution in [3.05, 3.63) is 81.8 Å². The van der Waals surface area contributed by atoms with Gasteiger partial charge in [-0.05, 0) is 92.7 Å². The van der Waals surface area contributed by atoms with E-state index in [1.165, 1.54) is 11.3 Å². The number of likely N-dealkylation sites (tertiary alicyclic amines) is 1. The first kappa shape index (κ1) is 43.2. The zero-order valence-corrected chi connectivity index (χ0v) is 35.6. The van der Waals surface area contributed by atoms with Gasteiger partial charge in [-0.2, -0.15) is 10.3 Å². The molecule has 1 aliphatic carbocycles. The van der Waals surface area contributed by atoms with Crippen molar-refractivity contribution in [2.24, 2.45) is 16.6 Å². The number of nitrogens with zero attached hydrogens (tertiary/aromatic N) is 8. The number of benzene rings is 1. The molecule has 7 rings (SSSR count). The first-order valence-corrected chi connectivity index (χ1v) is 22.0. The molecular weight excluding hydrogens is 797 g/mol. The van der Waals surface area contributed by atoms with Crippen LogP contribution in [0.4, 0.5) is 10.8 Å². The Hall–Kier alpha value is -5.86. The number of esters is 1. The van der Waals surface area contributed by atoms with Gasteiger partial charge in [0.25, 0.3) is 11.8 Å². The summed E-state index contributed by atoms with van der Waals surface area (Å²) in [7, 11) is 0. The molecule has 0 spiro atoms. The number of hydrogen-bond acceptors (Lipinski definition) is 14. The first-order valence-electron chi connectivity index (χ1n) is 21.2. The lowest BCUT2D eigenvalue weighted by Crippen LogP contribution is -2.44. The number of ether oxygens (including phenoxy) is 2. The van der Waals surface area contributed by atoms with Crippen LogP contribution in [0, 0.1) is 17.2 Å². The number of thiophene rings is 1. The van der Waals surface area contributed by atoms with Crippen molar-refractivity contribution in [2.45, 2.75) is 89.7 Å². The van der Waals surface area contributed by atoms with E-state index in [0.29, 0.717) is 53.8 Å². The van der Waals surface area contributed by atoms with Crippen LogP contribution in [0.2, 0.25) is 0 Å². The lowest BCUT2D eigenvalue weighted by atomic mass is 9.85. The molecule has 2 amide bonds. The predicted molar refractivity (Wildman–Crippen MR) is 230 cm³/mol. The van der Waals surface area contributed by atoms with Gasteiger partial charge >= 0.3 is 5.97 Å². The minimum absolute atomic E-state index is 0.0522. The molecule has 4 aromatic rings. The number of unbranched alkanes of at least 4 members (excludes halogenated alkanes) is 1. The zero-order valence-electron chi connectivity index (χ0n) is 34.8. The fourth-order valence-corrected chi connectivity index (χ4v) is 9.60. The molecule has 3 atom stereocenters. The molecule has 0 saturated carbocycles. The highest BCUT2D eigenvalue weighted by Gasteiger charge is 2.41. The molecule has 2 aliphatic heterocycles. The molecule has 3 unspecified atom stereocenters. The topological polar surface area (TPSA) is 219 Å². The second-order valence-electron chi connectivity index (χ2n) is 16.1. The molecule has 2 saturated heterocycles. The van der Waals surface area contributed by atoms with E-state index in [9.17, 15) is 19.6 Å². The van der Waals surface area contributed by atoms with Crippen molar-refractivity contribution in [3.8, 4) is 11.9 Å². The van der Waals surface area contributed by atoms with Gasteiger partial charge < -0.3 is 40.2 Å². The number of nitrogen functional groups attached to an aromatic ring is 1. The van der Waals surface area contributed by atoms with Gasteiger partial charge in [0.15, 0.2) is 17.4 Å². The summed E-state index contributed by atoms with van der Waals surface area (Å²) >= 11 is 1.37. The number of nitriles is 1.